The molecule has 0 atom stereocenters. The Balaban J connectivity index is 2.12. The maximum atomic E-state index is 12.5. The van der Waals surface area contributed by atoms with Crippen LogP contribution in [0.5, 0.6) is 11.5 Å². The normalized spacial score (nSPS) is 10.4. The van der Waals surface area contributed by atoms with Crippen LogP contribution in [-0.4, -0.2) is 26.0 Å². The lowest BCUT2D eigenvalue weighted by atomic mass is 10.1. The van der Waals surface area contributed by atoms with E-state index in [-0.39, 0.29) is 22.8 Å². The SMILES string of the molecule is COc1cc(C(=O)Nc2ccc(NC(=O)C(C)C)cc2)cc(Cl)c1OC. The third-order valence-corrected chi connectivity index (χ3v) is 3.91. The summed E-state index contributed by atoms with van der Waals surface area (Å²) in [6, 6.07) is 9.91. The van der Waals surface area contributed by atoms with Crippen LogP contribution in [0.15, 0.2) is 36.4 Å². The van der Waals surface area contributed by atoms with Crippen molar-refractivity contribution in [2.24, 2.45) is 5.92 Å². The zero-order chi connectivity index (χ0) is 19.3. The number of halogens is 1. The molecule has 2 amide bonds. The van der Waals surface area contributed by atoms with E-state index < -0.39 is 0 Å². The Bertz CT molecular complexity index is 804. The average Bonchev–Trinajstić information content (AvgIpc) is 2.62. The minimum Gasteiger partial charge on any atom is -0.493 e. The summed E-state index contributed by atoms with van der Waals surface area (Å²) >= 11 is 6.13. The van der Waals surface area contributed by atoms with E-state index in [4.69, 9.17) is 21.1 Å². The molecule has 0 aromatic heterocycles. The summed E-state index contributed by atoms with van der Waals surface area (Å²) in [5, 5.41) is 5.84. The van der Waals surface area contributed by atoms with Gasteiger partial charge >= 0.3 is 0 Å². The molecule has 2 rings (SSSR count). The topological polar surface area (TPSA) is 76.7 Å². The Morgan fingerprint density at radius 2 is 1.54 bits per heavy atom. The summed E-state index contributed by atoms with van der Waals surface area (Å²) in [6.45, 7) is 3.64. The van der Waals surface area contributed by atoms with Crippen LogP contribution in [0.1, 0.15) is 24.2 Å². The molecule has 26 heavy (non-hydrogen) atoms. The summed E-state index contributed by atoms with van der Waals surface area (Å²) in [5.74, 6) is 0.227. The van der Waals surface area contributed by atoms with E-state index >= 15 is 0 Å². The third-order valence-electron chi connectivity index (χ3n) is 3.63. The molecule has 0 bridgehead atoms. The fourth-order valence-corrected chi connectivity index (χ4v) is 2.46. The molecular weight excluding hydrogens is 356 g/mol. The summed E-state index contributed by atoms with van der Waals surface area (Å²) in [4.78, 5) is 24.1. The van der Waals surface area contributed by atoms with Gasteiger partial charge in [-0.2, -0.15) is 0 Å². The number of carbonyl (C=O) groups excluding carboxylic acids is 2. The van der Waals surface area contributed by atoms with Crippen LogP contribution < -0.4 is 20.1 Å². The molecule has 138 valence electrons. The molecule has 0 spiro atoms. The smallest absolute Gasteiger partial charge is 0.255 e. The first-order valence-corrected chi connectivity index (χ1v) is 8.37. The summed E-state index contributed by atoms with van der Waals surface area (Å²) in [6.07, 6.45) is 0. The average molecular weight is 377 g/mol. The molecule has 2 N–H and O–H groups in total. The van der Waals surface area contributed by atoms with Gasteiger partial charge < -0.3 is 20.1 Å². The fourth-order valence-electron chi connectivity index (χ4n) is 2.18. The van der Waals surface area contributed by atoms with Gasteiger partial charge in [0.1, 0.15) is 0 Å². The molecule has 0 aliphatic carbocycles. The van der Waals surface area contributed by atoms with Crippen LogP contribution in [0.25, 0.3) is 0 Å². The number of ether oxygens (including phenoxy) is 2. The first-order valence-electron chi connectivity index (χ1n) is 7.99. The largest absolute Gasteiger partial charge is 0.493 e. The Kier molecular flexibility index (Phi) is 6.46. The second-order valence-electron chi connectivity index (χ2n) is 5.87. The van der Waals surface area contributed by atoms with Crippen LogP contribution in [-0.2, 0) is 4.79 Å². The molecule has 0 radical (unpaired) electrons. The maximum Gasteiger partial charge on any atom is 0.255 e. The van der Waals surface area contributed by atoms with Gasteiger partial charge in [0.15, 0.2) is 11.5 Å². The van der Waals surface area contributed by atoms with Gasteiger partial charge in [-0.3, -0.25) is 9.59 Å². The van der Waals surface area contributed by atoms with Crippen molar-refractivity contribution in [2.75, 3.05) is 24.9 Å². The number of methoxy groups -OCH3 is 2. The first kappa shape index (κ1) is 19.6. The Morgan fingerprint density at radius 1 is 0.962 bits per heavy atom. The van der Waals surface area contributed by atoms with Gasteiger partial charge in [-0.05, 0) is 36.4 Å². The van der Waals surface area contributed by atoms with E-state index in [2.05, 4.69) is 10.6 Å². The highest BCUT2D eigenvalue weighted by molar-refractivity contribution is 6.32. The predicted molar refractivity (Wildman–Crippen MR) is 102 cm³/mol. The van der Waals surface area contributed by atoms with Gasteiger partial charge in [-0.25, -0.2) is 0 Å². The lowest BCUT2D eigenvalue weighted by Crippen LogP contribution is -2.17. The van der Waals surface area contributed by atoms with Crippen molar-refractivity contribution in [1.29, 1.82) is 0 Å². The van der Waals surface area contributed by atoms with Crippen molar-refractivity contribution in [1.82, 2.24) is 0 Å². The van der Waals surface area contributed by atoms with Gasteiger partial charge in [0.25, 0.3) is 5.91 Å². The van der Waals surface area contributed by atoms with Gasteiger partial charge in [-0.1, -0.05) is 25.4 Å². The molecule has 0 aliphatic rings. The van der Waals surface area contributed by atoms with Gasteiger partial charge in [-0.15, -0.1) is 0 Å². The Labute approximate surface area is 157 Å². The van der Waals surface area contributed by atoms with Gasteiger partial charge in [0.2, 0.25) is 5.91 Å². The molecule has 0 aliphatic heterocycles. The Hall–Kier alpha value is -2.73. The van der Waals surface area contributed by atoms with Crippen molar-refractivity contribution >= 4 is 34.8 Å². The van der Waals surface area contributed by atoms with Crippen LogP contribution >= 0.6 is 11.6 Å². The number of carbonyl (C=O) groups is 2. The number of nitrogens with one attached hydrogen (secondary N) is 2. The molecule has 2 aromatic carbocycles. The first-order chi connectivity index (χ1) is 12.3. The number of rotatable bonds is 6. The number of hydrogen-bond acceptors (Lipinski definition) is 4. The van der Waals surface area contributed by atoms with E-state index in [9.17, 15) is 9.59 Å². The molecule has 0 unspecified atom stereocenters. The molecule has 6 nitrogen and oxygen atoms in total. The van der Waals surface area contributed by atoms with E-state index in [1.807, 2.05) is 13.8 Å². The zero-order valence-corrected chi connectivity index (χ0v) is 15.8. The summed E-state index contributed by atoms with van der Waals surface area (Å²) in [7, 11) is 2.95. The second kappa shape index (κ2) is 8.58. The standard InChI is InChI=1S/C19H21ClN2O4/c1-11(2)18(23)21-13-5-7-14(8-6-13)22-19(24)12-9-15(20)17(26-4)16(10-12)25-3/h5-11H,1-4H3,(H,21,23)(H,22,24). The lowest BCUT2D eigenvalue weighted by Gasteiger charge is -2.12. The lowest BCUT2D eigenvalue weighted by molar-refractivity contribution is -0.118. The maximum absolute atomic E-state index is 12.5. The highest BCUT2D eigenvalue weighted by atomic mass is 35.5. The number of amides is 2. The molecule has 0 saturated carbocycles. The van der Waals surface area contributed by atoms with E-state index in [0.717, 1.165) is 0 Å². The third kappa shape index (κ3) is 4.67. The fraction of sp³-hybridized carbons (Fsp3) is 0.263. The number of benzene rings is 2. The van der Waals surface area contributed by atoms with E-state index in [0.29, 0.717) is 28.4 Å². The monoisotopic (exact) mass is 376 g/mol. The molecule has 2 aromatic rings. The van der Waals surface area contributed by atoms with Crippen molar-refractivity contribution in [2.45, 2.75) is 13.8 Å². The van der Waals surface area contributed by atoms with Crippen LogP contribution in [0.2, 0.25) is 5.02 Å². The summed E-state index contributed by atoms with van der Waals surface area (Å²) in [5.41, 5.74) is 1.59. The molecule has 0 fully saturated rings. The van der Waals surface area contributed by atoms with E-state index in [1.54, 1.807) is 30.3 Å². The zero-order valence-electron chi connectivity index (χ0n) is 15.1. The minimum atomic E-state index is -0.341. The molecule has 7 heteroatoms. The van der Waals surface area contributed by atoms with Crippen LogP contribution in [0, 0.1) is 5.92 Å². The van der Waals surface area contributed by atoms with Crippen LogP contribution in [0.4, 0.5) is 11.4 Å². The molecule has 0 heterocycles. The molecular formula is C19H21ClN2O4. The summed E-state index contributed by atoms with van der Waals surface area (Å²) < 4.78 is 10.4. The minimum absolute atomic E-state index is 0.0678. The van der Waals surface area contributed by atoms with Crippen molar-refractivity contribution in [3.63, 3.8) is 0 Å². The quantitative estimate of drug-likeness (QED) is 0.792. The number of anilines is 2. The highest BCUT2D eigenvalue weighted by Crippen LogP contribution is 2.36. The van der Waals surface area contributed by atoms with Crippen molar-refractivity contribution < 1.29 is 19.1 Å². The van der Waals surface area contributed by atoms with Crippen molar-refractivity contribution in [3.05, 3.63) is 47.0 Å². The van der Waals surface area contributed by atoms with Crippen LogP contribution in [0.3, 0.4) is 0 Å². The highest BCUT2D eigenvalue weighted by Gasteiger charge is 2.15. The predicted octanol–water partition coefficient (Wildman–Crippen LogP) is 4.20. The molecule has 0 saturated heterocycles. The van der Waals surface area contributed by atoms with Gasteiger partial charge in [0, 0.05) is 22.9 Å². The number of hydrogen-bond donors (Lipinski definition) is 2. The van der Waals surface area contributed by atoms with E-state index in [1.165, 1.54) is 20.3 Å². The van der Waals surface area contributed by atoms with Crippen molar-refractivity contribution in [3.8, 4) is 11.5 Å². The second-order valence-corrected chi connectivity index (χ2v) is 6.28. The van der Waals surface area contributed by atoms with Gasteiger partial charge in [0.05, 0.1) is 19.2 Å². The Morgan fingerprint density at radius 3 is 2.04 bits per heavy atom.